The molecule has 2 saturated carbocycles. The summed E-state index contributed by atoms with van der Waals surface area (Å²) in [5.74, 6) is 2.07. The first-order valence-electron chi connectivity index (χ1n) is 8.41. The second-order valence-corrected chi connectivity index (χ2v) is 6.97. The SMILES string of the molecule is C=C(C)C(=O)OC(CC)(CCCC)C1CC2CCC1C2. The van der Waals surface area contributed by atoms with Crippen LogP contribution in [0, 0.1) is 17.8 Å². The summed E-state index contributed by atoms with van der Waals surface area (Å²) in [4.78, 5) is 12.1. The first-order valence-corrected chi connectivity index (χ1v) is 8.41. The minimum atomic E-state index is -0.230. The number of hydrogen-bond donors (Lipinski definition) is 0. The van der Waals surface area contributed by atoms with Gasteiger partial charge < -0.3 is 4.74 Å². The van der Waals surface area contributed by atoms with E-state index in [0.717, 1.165) is 37.5 Å². The number of ether oxygens (including phenoxy) is 1. The molecule has 0 amide bonds. The van der Waals surface area contributed by atoms with Crippen molar-refractivity contribution in [3.8, 4) is 0 Å². The van der Waals surface area contributed by atoms with Gasteiger partial charge in [-0.05, 0) is 57.3 Å². The van der Waals surface area contributed by atoms with E-state index >= 15 is 0 Å². The second kappa shape index (κ2) is 6.32. The fraction of sp³-hybridized carbons (Fsp3) is 0.833. The van der Waals surface area contributed by atoms with Crippen molar-refractivity contribution >= 4 is 5.97 Å². The smallest absolute Gasteiger partial charge is 0.333 e. The topological polar surface area (TPSA) is 26.3 Å². The summed E-state index contributed by atoms with van der Waals surface area (Å²) in [6, 6.07) is 0. The maximum atomic E-state index is 12.1. The van der Waals surface area contributed by atoms with Gasteiger partial charge in [-0.1, -0.05) is 33.3 Å². The second-order valence-electron chi connectivity index (χ2n) is 6.97. The highest BCUT2D eigenvalue weighted by molar-refractivity contribution is 5.87. The van der Waals surface area contributed by atoms with Crippen LogP contribution < -0.4 is 0 Å². The maximum Gasteiger partial charge on any atom is 0.333 e. The molecule has 0 aromatic rings. The molecule has 0 aromatic carbocycles. The van der Waals surface area contributed by atoms with Crippen molar-refractivity contribution < 1.29 is 9.53 Å². The minimum Gasteiger partial charge on any atom is -0.455 e. The third kappa shape index (κ3) is 2.94. The third-order valence-electron chi connectivity index (χ3n) is 5.61. The van der Waals surface area contributed by atoms with Crippen molar-refractivity contribution in [3.63, 3.8) is 0 Å². The van der Waals surface area contributed by atoms with Crippen LogP contribution in [0.4, 0.5) is 0 Å². The summed E-state index contributed by atoms with van der Waals surface area (Å²) in [5, 5.41) is 0. The first-order chi connectivity index (χ1) is 9.52. The fourth-order valence-corrected chi connectivity index (χ4v) is 4.46. The molecule has 4 unspecified atom stereocenters. The van der Waals surface area contributed by atoms with E-state index in [-0.39, 0.29) is 11.6 Å². The molecule has 0 heterocycles. The summed E-state index contributed by atoms with van der Waals surface area (Å²) < 4.78 is 6.05. The van der Waals surface area contributed by atoms with E-state index < -0.39 is 0 Å². The Morgan fingerprint density at radius 3 is 2.50 bits per heavy atom. The lowest BCUT2D eigenvalue weighted by Gasteiger charge is -2.42. The van der Waals surface area contributed by atoms with Gasteiger partial charge in [-0.3, -0.25) is 0 Å². The number of unbranched alkanes of at least 4 members (excludes halogenated alkanes) is 1. The predicted octanol–water partition coefficient (Wildman–Crippen LogP) is 4.88. The predicted molar refractivity (Wildman–Crippen MR) is 82.4 cm³/mol. The normalized spacial score (nSPS) is 31.1. The Labute approximate surface area is 124 Å². The van der Waals surface area contributed by atoms with Crippen LogP contribution in [-0.4, -0.2) is 11.6 Å². The molecule has 2 bridgehead atoms. The van der Waals surface area contributed by atoms with E-state index in [1.807, 2.05) is 0 Å². The van der Waals surface area contributed by atoms with Gasteiger partial charge in [0.15, 0.2) is 0 Å². The van der Waals surface area contributed by atoms with Gasteiger partial charge in [-0.2, -0.15) is 0 Å². The van der Waals surface area contributed by atoms with Crippen molar-refractivity contribution in [2.75, 3.05) is 0 Å². The van der Waals surface area contributed by atoms with Gasteiger partial charge in [0.2, 0.25) is 0 Å². The van der Waals surface area contributed by atoms with Crippen LogP contribution in [-0.2, 0) is 9.53 Å². The third-order valence-corrected chi connectivity index (χ3v) is 5.61. The molecule has 2 fully saturated rings. The zero-order valence-electron chi connectivity index (χ0n) is 13.4. The molecule has 2 nitrogen and oxygen atoms in total. The number of carbonyl (C=O) groups is 1. The first kappa shape index (κ1) is 15.6. The van der Waals surface area contributed by atoms with Crippen LogP contribution in [0.1, 0.15) is 72.1 Å². The molecule has 2 heteroatoms. The summed E-state index contributed by atoms with van der Waals surface area (Å²) >= 11 is 0. The van der Waals surface area contributed by atoms with Gasteiger partial charge in [0.1, 0.15) is 5.60 Å². The molecule has 0 saturated heterocycles. The lowest BCUT2D eigenvalue weighted by atomic mass is 9.72. The van der Waals surface area contributed by atoms with Gasteiger partial charge in [-0.25, -0.2) is 4.79 Å². The summed E-state index contributed by atoms with van der Waals surface area (Å²) in [5.41, 5.74) is 0.300. The Balaban J connectivity index is 2.17. The van der Waals surface area contributed by atoms with Crippen molar-refractivity contribution in [3.05, 3.63) is 12.2 Å². The number of carbonyl (C=O) groups excluding carboxylic acids is 1. The molecule has 0 radical (unpaired) electrons. The van der Waals surface area contributed by atoms with Crippen molar-refractivity contribution in [2.45, 2.75) is 77.7 Å². The van der Waals surface area contributed by atoms with E-state index in [2.05, 4.69) is 20.4 Å². The van der Waals surface area contributed by atoms with Gasteiger partial charge in [0.25, 0.3) is 0 Å². The van der Waals surface area contributed by atoms with Crippen LogP contribution in [0.3, 0.4) is 0 Å². The fourth-order valence-electron chi connectivity index (χ4n) is 4.46. The standard InChI is InChI=1S/C18H30O2/c1-5-7-10-18(6-2,20-17(19)13(3)4)16-12-14-8-9-15(16)11-14/h14-16H,3,5-12H2,1-2,4H3. The van der Waals surface area contributed by atoms with Crippen molar-refractivity contribution in [1.29, 1.82) is 0 Å². The summed E-state index contributed by atoms with van der Waals surface area (Å²) in [6.45, 7) is 9.91. The van der Waals surface area contributed by atoms with Crippen LogP contribution in [0.5, 0.6) is 0 Å². The molecule has 2 aliphatic carbocycles. The molecular formula is C18H30O2. The highest BCUT2D eigenvalue weighted by atomic mass is 16.6. The molecule has 20 heavy (non-hydrogen) atoms. The van der Waals surface area contributed by atoms with E-state index in [4.69, 9.17) is 4.74 Å². The van der Waals surface area contributed by atoms with Crippen LogP contribution in [0.2, 0.25) is 0 Å². The Kier molecular flexibility index (Phi) is 4.93. The van der Waals surface area contributed by atoms with Gasteiger partial charge in [0.05, 0.1) is 0 Å². The Hall–Kier alpha value is -0.790. The zero-order chi connectivity index (χ0) is 14.8. The van der Waals surface area contributed by atoms with Gasteiger partial charge in [0, 0.05) is 11.5 Å². The van der Waals surface area contributed by atoms with Crippen LogP contribution in [0.15, 0.2) is 12.2 Å². The molecule has 0 aliphatic heterocycles. The lowest BCUT2D eigenvalue weighted by molar-refractivity contribution is -0.166. The average Bonchev–Trinajstić information content (AvgIpc) is 3.06. The molecule has 114 valence electrons. The van der Waals surface area contributed by atoms with E-state index in [1.165, 1.54) is 25.7 Å². The average molecular weight is 278 g/mol. The molecular weight excluding hydrogens is 248 g/mol. The Morgan fingerprint density at radius 1 is 1.30 bits per heavy atom. The Morgan fingerprint density at radius 2 is 2.05 bits per heavy atom. The molecule has 0 N–H and O–H groups in total. The van der Waals surface area contributed by atoms with Crippen molar-refractivity contribution in [2.24, 2.45) is 17.8 Å². The van der Waals surface area contributed by atoms with Crippen LogP contribution >= 0.6 is 0 Å². The maximum absolute atomic E-state index is 12.1. The highest BCUT2D eigenvalue weighted by Gasteiger charge is 2.51. The molecule has 0 spiro atoms. The highest BCUT2D eigenvalue weighted by Crippen LogP contribution is 2.55. The van der Waals surface area contributed by atoms with Crippen LogP contribution in [0.25, 0.3) is 0 Å². The molecule has 2 rings (SSSR count). The van der Waals surface area contributed by atoms with E-state index in [9.17, 15) is 4.79 Å². The zero-order valence-corrected chi connectivity index (χ0v) is 13.4. The van der Waals surface area contributed by atoms with Gasteiger partial charge in [-0.15, -0.1) is 0 Å². The Bertz CT molecular complexity index is 374. The minimum absolute atomic E-state index is 0.189. The monoisotopic (exact) mass is 278 g/mol. The number of fused-ring (bicyclic) bond motifs is 2. The number of rotatable bonds is 7. The molecule has 2 aliphatic rings. The molecule has 0 aromatic heterocycles. The lowest BCUT2D eigenvalue weighted by Crippen LogP contribution is -2.44. The largest absolute Gasteiger partial charge is 0.455 e. The number of hydrogen-bond acceptors (Lipinski definition) is 2. The van der Waals surface area contributed by atoms with Gasteiger partial charge >= 0.3 is 5.97 Å². The van der Waals surface area contributed by atoms with Crippen molar-refractivity contribution in [1.82, 2.24) is 0 Å². The van der Waals surface area contributed by atoms with E-state index in [0.29, 0.717) is 11.5 Å². The molecule has 4 atom stereocenters. The quantitative estimate of drug-likeness (QED) is 0.490. The summed E-state index contributed by atoms with van der Waals surface area (Å²) in [6.07, 6.45) is 9.64. The number of esters is 1. The summed E-state index contributed by atoms with van der Waals surface area (Å²) in [7, 11) is 0. The van der Waals surface area contributed by atoms with E-state index in [1.54, 1.807) is 6.92 Å².